The van der Waals surface area contributed by atoms with E-state index in [2.05, 4.69) is 10.6 Å². The van der Waals surface area contributed by atoms with Gasteiger partial charge in [-0.2, -0.15) is 0 Å². The van der Waals surface area contributed by atoms with Gasteiger partial charge in [-0.05, 0) is 24.8 Å². The third kappa shape index (κ3) is 7.13. The largest absolute Gasteiger partial charge is 0.548 e. The van der Waals surface area contributed by atoms with E-state index < -0.39 is 30.1 Å². The minimum Gasteiger partial charge on any atom is -0.548 e. The first kappa shape index (κ1) is 19.5. The molecule has 2 N–H and O–H groups in total. The van der Waals surface area contributed by atoms with Gasteiger partial charge in [0.15, 0.2) is 0 Å². The summed E-state index contributed by atoms with van der Waals surface area (Å²) in [5.41, 5.74) is 0.818. The van der Waals surface area contributed by atoms with Crippen molar-refractivity contribution in [3.8, 4) is 0 Å². The molecule has 0 aliphatic carbocycles. The summed E-state index contributed by atoms with van der Waals surface area (Å²) in [5, 5.41) is 15.8. The number of carbonyl (C=O) groups excluding carboxylic acids is 3. The molecule has 0 unspecified atom stereocenters. The summed E-state index contributed by atoms with van der Waals surface area (Å²) in [7, 11) is 0. The van der Waals surface area contributed by atoms with Gasteiger partial charge < -0.3 is 25.3 Å². The van der Waals surface area contributed by atoms with Crippen molar-refractivity contribution in [1.82, 2.24) is 10.6 Å². The van der Waals surface area contributed by atoms with Crippen LogP contribution >= 0.6 is 0 Å². The molecule has 1 rings (SSSR count). The van der Waals surface area contributed by atoms with E-state index in [4.69, 9.17) is 4.74 Å². The maximum Gasteiger partial charge on any atom is 0.408 e. The molecule has 24 heavy (non-hydrogen) atoms. The van der Waals surface area contributed by atoms with Gasteiger partial charge in [0.1, 0.15) is 12.6 Å². The third-order valence-electron chi connectivity index (χ3n) is 3.25. The summed E-state index contributed by atoms with van der Waals surface area (Å²) < 4.78 is 5.01. The molecule has 0 bridgehead atoms. The van der Waals surface area contributed by atoms with Gasteiger partial charge in [-0.15, -0.1) is 0 Å². The number of amides is 2. The van der Waals surface area contributed by atoms with E-state index in [9.17, 15) is 19.5 Å². The molecule has 0 aliphatic heterocycles. The lowest BCUT2D eigenvalue weighted by Crippen LogP contribution is -2.53. The molecule has 132 valence electrons. The Kier molecular flexibility index (Phi) is 7.74. The second-order valence-electron chi connectivity index (χ2n) is 5.94. The summed E-state index contributed by atoms with van der Waals surface area (Å²) in [6.07, 6.45) is -0.505. The van der Waals surface area contributed by atoms with E-state index in [-0.39, 0.29) is 18.9 Å². The van der Waals surface area contributed by atoms with Crippen LogP contribution in [0.25, 0.3) is 0 Å². The lowest BCUT2D eigenvalue weighted by molar-refractivity contribution is -0.308. The first-order valence-electron chi connectivity index (χ1n) is 7.78. The minimum atomic E-state index is -1.35. The number of rotatable bonds is 8. The third-order valence-corrected chi connectivity index (χ3v) is 3.25. The van der Waals surface area contributed by atoms with E-state index in [1.807, 2.05) is 32.0 Å². The number of ether oxygens (including phenoxy) is 1. The van der Waals surface area contributed by atoms with Crippen molar-refractivity contribution in [2.75, 3.05) is 0 Å². The van der Waals surface area contributed by atoms with Crippen molar-refractivity contribution < 1.29 is 24.2 Å². The van der Waals surface area contributed by atoms with Gasteiger partial charge in [0.05, 0.1) is 12.0 Å². The first-order valence-corrected chi connectivity index (χ1v) is 7.78. The quantitative estimate of drug-likeness (QED) is 0.722. The molecular formula is C17H23N2O5-. The number of carbonyl (C=O) groups is 3. The maximum absolute atomic E-state index is 12.0. The van der Waals surface area contributed by atoms with Crippen LogP contribution in [0, 0.1) is 5.92 Å². The second-order valence-corrected chi connectivity index (χ2v) is 5.94. The van der Waals surface area contributed by atoms with Gasteiger partial charge >= 0.3 is 6.09 Å². The highest BCUT2D eigenvalue weighted by atomic mass is 16.5. The fourth-order valence-corrected chi connectivity index (χ4v) is 1.99. The Morgan fingerprint density at radius 3 is 2.25 bits per heavy atom. The van der Waals surface area contributed by atoms with Gasteiger partial charge in [0, 0.05) is 0 Å². The van der Waals surface area contributed by atoms with Gasteiger partial charge in [0.2, 0.25) is 5.91 Å². The topological polar surface area (TPSA) is 108 Å². The van der Waals surface area contributed by atoms with Crippen molar-refractivity contribution >= 4 is 18.0 Å². The van der Waals surface area contributed by atoms with Crippen LogP contribution in [0.15, 0.2) is 30.3 Å². The zero-order chi connectivity index (χ0) is 18.1. The Morgan fingerprint density at radius 2 is 1.71 bits per heavy atom. The van der Waals surface area contributed by atoms with Gasteiger partial charge in [-0.3, -0.25) is 4.79 Å². The van der Waals surface area contributed by atoms with Gasteiger partial charge in [-0.25, -0.2) is 4.79 Å². The molecule has 7 nitrogen and oxygen atoms in total. The molecular weight excluding hydrogens is 312 g/mol. The Hall–Kier alpha value is -2.57. The SMILES string of the molecule is CC(C)C[C@H](NC(=O)[C@H](C)NC(=O)OCc1ccccc1)C(=O)[O-]. The van der Waals surface area contributed by atoms with Crippen molar-refractivity contribution in [3.63, 3.8) is 0 Å². The molecule has 0 saturated heterocycles. The zero-order valence-corrected chi connectivity index (χ0v) is 14.1. The number of alkyl carbamates (subject to hydrolysis) is 1. The van der Waals surface area contributed by atoms with E-state index in [1.54, 1.807) is 12.1 Å². The first-order chi connectivity index (χ1) is 11.3. The highest BCUT2D eigenvalue weighted by Crippen LogP contribution is 2.05. The number of carboxylic acids is 1. The number of hydrogen-bond acceptors (Lipinski definition) is 5. The van der Waals surface area contributed by atoms with E-state index >= 15 is 0 Å². The molecule has 7 heteroatoms. The number of nitrogens with one attached hydrogen (secondary N) is 2. The van der Waals surface area contributed by atoms with Crippen molar-refractivity contribution in [3.05, 3.63) is 35.9 Å². The molecule has 0 spiro atoms. The fourth-order valence-electron chi connectivity index (χ4n) is 1.99. The Labute approximate surface area is 141 Å². The molecule has 0 heterocycles. The van der Waals surface area contributed by atoms with E-state index in [1.165, 1.54) is 6.92 Å². The average molecular weight is 335 g/mol. The highest BCUT2D eigenvalue weighted by Gasteiger charge is 2.21. The van der Waals surface area contributed by atoms with E-state index in [0.29, 0.717) is 0 Å². The predicted molar refractivity (Wildman–Crippen MR) is 85.6 cm³/mol. The van der Waals surface area contributed by atoms with Crippen LogP contribution in [-0.2, 0) is 20.9 Å². The molecule has 0 radical (unpaired) electrons. The van der Waals surface area contributed by atoms with Gasteiger partial charge in [-0.1, -0.05) is 44.2 Å². The lowest BCUT2D eigenvalue weighted by atomic mass is 10.0. The normalized spacial score (nSPS) is 13.0. The molecule has 0 aliphatic rings. The molecule has 0 fully saturated rings. The Morgan fingerprint density at radius 1 is 1.08 bits per heavy atom. The van der Waals surface area contributed by atoms with Gasteiger partial charge in [0.25, 0.3) is 0 Å². The molecule has 0 aromatic heterocycles. The summed E-state index contributed by atoms with van der Waals surface area (Å²) >= 11 is 0. The van der Waals surface area contributed by atoms with Crippen LogP contribution in [0.3, 0.4) is 0 Å². The van der Waals surface area contributed by atoms with Crippen LogP contribution < -0.4 is 15.7 Å². The number of carboxylic acid groups (broad SMARTS) is 1. The summed E-state index contributed by atoms with van der Waals surface area (Å²) in [4.78, 5) is 34.7. The smallest absolute Gasteiger partial charge is 0.408 e. The van der Waals surface area contributed by atoms with Crippen LogP contribution in [0.5, 0.6) is 0 Å². The molecule has 0 saturated carbocycles. The summed E-state index contributed by atoms with van der Waals surface area (Å²) in [6.45, 7) is 5.20. The average Bonchev–Trinajstić information content (AvgIpc) is 2.52. The second kappa shape index (κ2) is 9.54. The highest BCUT2D eigenvalue weighted by molar-refractivity contribution is 5.88. The summed E-state index contributed by atoms with van der Waals surface area (Å²) in [5.74, 6) is -1.88. The zero-order valence-electron chi connectivity index (χ0n) is 14.1. The monoisotopic (exact) mass is 335 g/mol. The Bertz CT molecular complexity index is 559. The van der Waals surface area contributed by atoms with Crippen LogP contribution in [-0.4, -0.2) is 30.1 Å². The molecule has 2 amide bonds. The lowest BCUT2D eigenvalue weighted by Gasteiger charge is -2.23. The molecule has 1 aromatic rings. The van der Waals surface area contributed by atoms with E-state index in [0.717, 1.165) is 5.56 Å². The summed E-state index contributed by atoms with van der Waals surface area (Å²) in [6, 6.07) is 7.08. The van der Waals surface area contributed by atoms with Crippen LogP contribution in [0.4, 0.5) is 4.79 Å². The predicted octanol–water partition coefficient (Wildman–Crippen LogP) is 0.582. The number of benzene rings is 1. The van der Waals surface area contributed by atoms with Crippen LogP contribution in [0.1, 0.15) is 32.8 Å². The molecule has 2 atom stereocenters. The fraction of sp³-hybridized carbons (Fsp3) is 0.471. The molecule has 1 aromatic carbocycles. The maximum atomic E-state index is 12.0. The van der Waals surface area contributed by atoms with Crippen LogP contribution in [0.2, 0.25) is 0 Å². The number of aliphatic carboxylic acids is 1. The number of hydrogen-bond donors (Lipinski definition) is 2. The Balaban J connectivity index is 2.44. The minimum absolute atomic E-state index is 0.0762. The van der Waals surface area contributed by atoms with Crippen molar-refractivity contribution in [2.45, 2.75) is 45.9 Å². The van der Waals surface area contributed by atoms with Crippen molar-refractivity contribution in [2.24, 2.45) is 5.92 Å². The standard InChI is InChI=1S/C17H24N2O5/c1-11(2)9-14(16(21)22)19-15(20)12(3)18-17(23)24-10-13-7-5-4-6-8-13/h4-8,11-12,14H,9-10H2,1-3H3,(H,18,23)(H,19,20)(H,21,22)/p-1/t12-,14-/m0/s1. The van der Waals surface area contributed by atoms with Crippen molar-refractivity contribution in [1.29, 1.82) is 0 Å².